The first-order valence-corrected chi connectivity index (χ1v) is 14.7. The number of nitrogens with zero attached hydrogens (tertiary/aromatic N) is 2. The minimum absolute atomic E-state index is 0.0266. The Balaban J connectivity index is 1.44. The molecule has 0 aromatic heterocycles. The SMILES string of the molecule is CC(C(=O)NC1CCCC1)N(Cc1ccc(F)cc1)C(=O)CCCN(c1ccc2c(c1)OCO2)S(C)(=O)=O. The molecule has 206 valence electrons. The van der Waals surface area contributed by atoms with Gasteiger partial charge in [0.25, 0.3) is 0 Å². The van der Waals surface area contributed by atoms with Crippen LogP contribution in [-0.4, -0.2) is 56.8 Å². The van der Waals surface area contributed by atoms with E-state index < -0.39 is 16.1 Å². The van der Waals surface area contributed by atoms with Crippen molar-refractivity contribution < 1.29 is 31.9 Å². The molecule has 2 aliphatic rings. The molecule has 1 fully saturated rings. The second-order valence-corrected chi connectivity index (χ2v) is 11.7. The molecule has 0 radical (unpaired) electrons. The number of nitrogens with one attached hydrogen (secondary N) is 1. The van der Waals surface area contributed by atoms with Crippen LogP contribution in [0.25, 0.3) is 0 Å². The van der Waals surface area contributed by atoms with E-state index in [9.17, 15) is 22.4 Å². The lowest BCUT2D eigenvalue weighted by molar-refractivity contribution is -0.141. The molecule has 1 heterocycles. The number of fused-ring (bicyclic) bond motifs is 1. The van der Waals surface area contributed by atoms with Crippen LogP contribution in [0, 0.1) is 5.82 Å². The van der Waals surface area contributed by atoms with Gasteiger partial charge in [-0.15, -0.1) is 0 Å². The van der Waals surface area contributed by atoms with Gasteiger partial charge in [0.05, 0.1) is 11.9 Å². The van der Waals surface area contributed by atoms with Gasteiger partial charge in [-0.3, -0.25) is 13.9 Å². The molecule has 1 aliphatic carbocycles. The number of ether oxygens (including phenoxy) is 2. The van der Waals surface area contributed by atoms with E-state index >= 15 is 0 Å². The monoisotopic (exact) mass is 547 g/mol. The topological polar surface area (TPSA) is 105 Å². The number of rotatable bonds is 11. The first-order chi connectivity index (χ1) is 18.1. The predicted molar refractivity (Wildman–Crippen MR) is 141 cm³/mol. The van der Waals surface area contributed by atoms with Crippen molar-refractivity contribution in [3.8, 4) is 11.5 Å². The van der Waals surface area contributed by atoms with E-state index in [1.54, 1.807) is 37.3 Å². The molecule has 1 unspecified atom stereocenters. The third kappa shape index (κ3) is 6.94. The lowest BCUT2D eigenvalue weighted by Crippen LogP contribution is -2.49. The average Bonchev–Trinajstić information content (AvgIpc) is 3.56. The number of amides is 2. The molecule has 9 nitrogen and oxygen atoms in total. The van der Waals surface area contributed by atoms with E-state index in [1.807, 2.05) is 0 Å². The van der Waals surface area contributed by atoms with Gasteiger partial charge in [0.2, 0.25) is 28.6 Å². The van der Waals surface area contributed by atoms with Gasteiger partial charge in [-0.05, 0) is 56.0 Å². The third-order valence-electron chi connectivity index (χ3n) is 6.93. The molecule has 1 saturated carbocycles. The minimum atomic E-state index is -3.64. The normalized spacial score (nSPS) is 15.8. The Morgan fingerprint density at radius 2 is 1.76 bits per heavy atom. The van der Waals surface area contributed by atoms with Gasteiger partial charge in [0.15, 0.2) is 11.5 Å². The van der Waals surface area contributed by atoms with Crippen LogP contribution in [0.15, 0.2) is 42.5 Å². The number of benzene rings is 2. The third-order valence-corrected chi connectivity index (χ3v) is 8.13. The van der Waals surface area contributed by atoms with Crippen molar-refractivity contribution in [2.45, 2.75) is 64.1 Å². The van der Waals surface area contributed by atoms with E-state index in [0.717, 1.165) is 31.9 Å². The van der Waals surface area contributed by atoms with Crippen molar-refractivity contribution >= 4 is 27.5 Å². The number of carbonyl (C=O) groups excluding carboxylic acids is 2. The average molecular weight is 548 g/mol. The maximum absolute atomic E-state index is 13.4. The highest BCUT2D eigenvalue weighted by Crippen LogP contribution is 2.36. The summed E-state index contributed by atoms with van der Waals surface area (Å²) in [6.07, 6.45) is 5.35. The number of sulfonamides is 1. The van der Waals surface area contributed by atoms with Gasteiger partial charge in [-0.25, -0.2) is 12.8 Å². The van der Waals surface area contributed by atoms with E-state index in [0.29, 0.717) is 22.7 Å². The molecular weight excluding hydrogens is 513 g/mol. The molecule has 11 heteroatoms. The molecule has 0 spiro atoms. The number of halogens is 1. The maximum atomic E-state index is 13.4. The molecule has 1 N–H and O–H groups in total. The van der Waals surface area contributed by atoms with Crippen LogP contribution >= 0.6 is 0 Å². The summed E-state index contributed by atoms with van der Waals surface area (Å²) in [4.78, 5) is 27.9. The van der Waals surface area contributed by atoms with Crippen LogP contribution in [0.2, 0.25) is 0 Å². The van der Waals surface area contributed by atoms with Crippen molar-refractivity contribution in [1.29, 1.82) is 0 Å². The summed E-state index contributed by atoms with van der Waals surface area (Å²) in [5, 5.41) is 3.04. The fourth-order valence-corrected chi connectivity index (χ4v) is 5.76. The van der Waals surface area contributed by atoms with Crippen molar-refractivity contribution in [2.75, 3.05) is 23.9 Å². The Hall–Kier alpha value is -3.34. The minimum Gasteiger partial charge on any atom is -0.454 e. The largest absolute Gasteiger partial charge is 0.454 e. The van der Waals surface area contributed by atoms with Crippen LogP contribution in [-0.2, 0) is 26.2 Å². The fraction of sp³-hybridized carbons (Fsp3) is 0.481. The van der Waals surface area contributed by atoms with Crippen LogP contribution in [0.5, 0.6) is 11.5 Å². The number of hydrogen-bond donors (Lipinski definition) is 1. The lowest BCUT2D eigenvalue weighted by Gasteiger charge is -2.30. The van der Waals surface area contributed by atoms with Crippen molar-refractivity contribution in [1.82, 2.24) is 10.2 Å². The van der Waals surface area contributed by atoms with Gasteiger partial charge < -0.3 is 19.7 Å². The Kier molecular flexibility index (Phi) is 8.76. The zero-order valence-electron chi connectivity index (χ0n) is 21.7. The van der Waals surface area contributed by atoms with Crippen LogP contribution in [0.3, 0.4) is 0 Å². The molecule has 1 aliphatic heterocycles. The van der Waals surface area contributed by atoms with E-state index in [-0.39, 0.29) is 56.4 Å². The van der Waals surface area contributed by atoms with Gasteiger partial charge >= 0.3 is 0 Å². The Morgan fingerprint density at radius 3 is 2.45 bits per heavy atom. The van der Waals surface area contributed by atoms with Crippen LogP contribution in [0.4, 0.5) is 10.1 Å². The Labute approximate surface area is 222 Å². The molecule has 2 aromatic rings. The summed E-state index contributed by atoms with van der Waals surface area (Å²) in [5.41, 5.74) is 1.11. The highest BCUT2D eigenvalue weighted by atomic mass is 32.2. The fourth-order valence-electron chi connectivity index (χ4n) is 4.81. The Bertz CT molecular complexity index is 1250. The molecule has 2 amide bonds. The van der Waals surface area contributed by atoms with Crippen molar-refractivity contribution in [3.05, 3.63) is 53.8 Å². The zero-order chi connectivity index (χ0) is 27.3. The standard InChI is InChI=1S/C27H34FN3O6S/c1-19(27(33)29-22-6-3-4-7-22)30(17-20-9-11-21(28)12-10-20)26(32)8-5-15-31(38(2,34)35)23-13-14-24-25(16-23)37-18-36-24/h9-14,16,19,22H,3-8,15,17-18H2,1-2H3,(H,29,33). The molecule has 4 rings (SSSR count). The highest BCUT2D eigenvalue weighted by molar-refractivity contribution is 7.92. The van der Waals surface area contributed by atoms with Crippen molar-refractivity contribution in [2.24, 2.45) is 0 Å². The van der Waals surface area contributed by atoms with Gasteiger partial charge in [0.1, 0.15) is 11.9 Å². The van der Waals surface area contributed by atoms with Gasteiger partial charge in [-0.2, -0.15) is 0 Å². The number of hydrogen-bond acceptors (Lipinski definition) is 6. The smallest absolute Gasteiger partial charge is 0.242 e. The molecule has 38 heavy (non-hydrogen) atoms. The summed E-state index contributed by atoms with van der Waals surface area (Å²) in [6.45, 7) is 1.96. The molecule has 1 atom stereocenters. The van der Waals surface area contributed by atoms with E-state index in [1.165, 1.54) is 21.3 Å². The van der Waals surface area contributed by atoms with Crippen LogP contribution in [0.1, 0.15) is 51.0 Å². The van der Waals surface area contributed by atoms with E-state index in [2.05, 4.69) is 5.32 Å². The van der Waals surface area contributed by atoms with Gasteiger partial charge in [-0.1, -0.05) is 25.0 Å². The first kappa shape index (κ1) is 27.7. The molecule has 2 aromatic carbocycles. The predicted octanol–water partition coefficient (Wildman–Crippen LogP) is 3.58. The summed E-state index contributed by atoms with van der Waals surface area (Å²) in [5.74, 6) is 0.0922. The summed E-state index contributed by atoms with van der Waals surface area (Å²) in [6, 6.07) is 10.0. The van der Waals surface area contributed by atoms with Gasteiger partial charge in [0, 0.05) is 31.6 Å². The van der Waals surface area contributed by atoms with Crippen molar-refractivity contribution in [3.63, 3.8) is 0 Å². The molecule has 0 bridgehead atoms. The summed E-state index contributed by atoms with van der Waals surface area (Å²) >= 11 is 0. The maximum Gasteiger partial charge on any atom is 0.242 e. The first-order valence-electron chi connectivity index (χ1n) is 12.8. The number of anilines is 1. The van der Waals surface area contributed by atoms with E-state index in [4.69, 9.17) is 9.47 Å². The Morgan fingerprint density at radius 1 is 1.08 bits per heavy atom. The molecule has 0 saturated heterocycles. The quantitative estimate of drug-likeness (QED) is 0.461. The lowest BCUT2D eigenvalue weighted by atomic mass is 10.1. The highest BCUT2D eigenvalue weighted by Gasteiger charge is 2.29. The second-order valence-electron chi connectivity index (χ2n) is 9.79. The molecular formula is C27H34FN3O6S. The zero-order valence-corrected chi connectivity index (χ0v) is 22.5. The summed E-state index contributed by atoms with van der Waals surface area (Å²) in [7, 11) is -3.64. The second kappa shape index (κ2) is 12.0. The summed E-state index contributed by atoms with van der Waals surface area (Å²) < 4.78 is 50.4. The van der Waals surface area contributed by atoms with Crippen LogP contribution < -0.4 is 19.1 Å². The number of carbonyl (C=O) groups is 2.